The van der Waals surface area contributed by atoms with Gasteiger partial charge in [0.05, 0.1) is 10.8 Å². The molecule has 16 heavy (non-hydrogen) atoms. The standard InChI is InChI=1S/C14H16OS/c1-14(2,3)16(15)13-10-6-8-11-7-4-5-9-12(11)13/h4-10H,1-3H3/t16-/m1/s1. The molecular weight excluding hydrogens is 216 g/mol. The molecular formula is C14H16OS. The van der Waals surface area contributed by atoms with Crippen LogP contribution in [0.15, 0.2) is 47.4 Å². The fourth-order valence-electron chi connectivity index (χ4n) is 1.69. The zero-order valence-corrected chi connectivity index (χ0v) is 10.7. The molecule has 0 radical (unpaired) electrons. The van der Waals surface area contributed by atoms with Gasteiger partial charge in [-0.15, -0.1) is 0 Å². The van der Waals surface area contributed by atoms with Crippen LogP contribution in [0.1, 0.15) is 20.8 Å². The Morgan fingerprint density at radius 2 is 1.56 bits per heavy atom. The molecule has 1 atom stereocenters. The van der Waals surface area contributed by atoms with Crippen molar-refractivity contribution in [3.63, 3.8) is 0 Å². The molecule has 2 aromatic rings. The van der Waals surface area contributed by atoms with Gasteiger partial charge in [-0.1, -0.05) is 36.4 Å². The summed E-state index contributed by atoms with van der Waals surface area (Å²) in [7, 11) is -0.975. The molecule has 0 heterocycles. The third kappa shape index (κ3) is 2.03. The second-order valence-electron chi connectivity index (χ2n) is 4.86. The minimum atomic E-state index is -0.975. The van der Waals surface area contributed by atoms with Gasteiger partial charge in [-0.3, -0.25) is 4.21 Å². The highest BCUT2D eigenvalue weighted by Gasteiger charge is 2.22. The van der Waals surface area contributed by atoms with E-state index < -0.39 is 10.8 Å². The van der Waals surface area contributed by atoms with Crippen molar-refractivity contribution in [1.29, 1.82) is 0 Å². The van der Waals surface area contributed by atoms with Crippen LogP contribution in [0.4, 0.5) is 0 Å². The highest BCUT2D eigenvalue weighted by atomic mass is 32.2. The van der Waals surface area contributed by atoms with Crippen LogP contribution in [0, 0.1) is 0 Å². The van der Waals surface area contributed by atoms with E-state index in [1.165, 1.54) is 0 Å². The van der Waals surface area contributed by atoms with Gasteiger partial charge < -0.3 is 0 Å². The molecule has 84 valence electrons. The number of benzene rings is 2. The third-order valence-corrected chi connectivity index (χ3v) is 4.37. The molecule has 0 aromatic heterocycles. The zero-order valence-electron chi connectivity index (χ0n) is 9.86. The normalized spacial score (nSPS) is 13.9. The van der Waals surface area contributed by atoms with Crippen LogP contribution in [0.5, 0.6) is 0 Å². The summed E-state index contributed by atoms with van der Waals surface area (Å²) in [5, 5.41) is 2.25. The average molecular weight is 232 g/mol. The molecule has 0 spiro atoms. The molecule has 0 saturated heterocycles. The average Bonchev–Trinajstić information content (AvgIpc) is 2.26. The summed E-state index contributed by atoms with van der Waals surface area (Å²) in [4.78, 5) is 0.936. The van der Waals surface area contributed by atoms with E-state index >= 15 is 0 Å². The summed E-state index contributed by atoms with van der Waals surface area (Å²) >= 11 is 0. The lowest BCUT2D eigenvalue weighted by molar-refractivity contribution is 0.649. The van der Waals surface area contributed by atoms with E-state index in [0.717, 1.165) is 15.7 Å². The van der Waals surface area contributed by atoms with Gasteiger partial charge in [-0.2, -0.15) is 0 Å². The van der Waals surface area contributed by atoms with Crippen LogP contribution in [0.3, 0.4) is 0 Å². The van der Waals surface area contributed by atoms with Crippen LogP contribution in [-0.4, -0.2) is 8.96 Å². The summed E-state index contributed by atoms with van der Waals surface area (Å²) < 4.78 is 12.2. The summed E-state index contributed by atoms with van der Waals surface area (Å²) in [5.74, 6) is 0. The molecule has 1 nitrogen and oxygen atoms in total. The second-order valence-corrected chi connectivity index (χ2v) is 7.06. The van der Waals surface area contributed by atoms with E-state index in [2.05, 4.69) is 12.1 Å². The largest absolute Gasteiger partial charge is 0.254 e. The van der Waals surface area contributed by atoms with E-state index in [1.54, 1.807) is 0 Å². The second kappa shape index (κ2) is 4.02. The first kappa shape index (κ1) is 11.3. The Hall–Kier alpha value is -1.15. The van der Waals surface area contributed by atoms with Gasteiger partial charge in [0, 0.05) is 9.64 Å². The Morgan fingerprint density at radius 1 is 0.938 bits per heavy atom. The van der Waals surface area contributed by atoms with Crippen molar-refractivity contribution in [2.24, 2.45) is 0 Å². The third-order valence-electron chi connectivity index (χ3n) is 2.51. The van der Waals surface area contributed by atoms with Crippen molar-refractivity contribution in [2.75, 3.05) is 0 Å². The number of rotatable bonds is 1. The Labute approximate surface area is 98.9 Å². The van der Waals surface area contributed by atoms with E-state index in [0.29, 0.717) is 0 Å². The molecule has 0 aliphatic heterocycles. The zero-order chi connectivity index (χ0) is 11.8. The van der Waals surface area contributed by atoms with Crippen LogP contribution < -0.4 is 0 Å². The number of fused-ring (bicyclic) bond motifs is 1. The maximum absolute atomic E-state index is 12.4. The Balaban J connectivity index is 2.66. The summed E-state index contributed by atoms with van der Waals surface area (Å²) in [5.41, 5.74) is 0. The maximum atomic E-state index is 12.4. The summed E-state index contributed by atoms with van der Waals surface area (Å²) in [6.45, 7) is 6.01. The van der Waals surface area contributed by atoms with Crippen molar-refractivity contribution >= 4 is 21.6 Å². The molecule has 0 bridgehead atoms. The first-order valence-electron chi connectivity index (χ1n) is 5.40. The highest BCUT2D eigenvalue weighted by molar-refractivity contribution is 7.86. The Morgan fingerprint density at radius 3 is 2.25 bits per heavy atom. The summed E-state index contributed by atoms with van der Waals surface area (Å²) in [6, 6.07) is 14.1. The van der Waals surface area contributed by atoms with Crippen molar-refractivity contribution in [3.8, 4) is 0 Å². The predicted molar refractivity (Wildman–Crippen MR) is 70.1 cm³/mol. The van der Waals surface area contributed by atoms with Crippen molar-refractivity contribution in [3.05, 3.63) is 42.5 Å². The maximum Gasteiger partial charge on any atom is 0.0589 e. The molecule has 2 heteroatoms. The van der Waals surface area contributed by atoms with Crippen LogP contribution in [0.2, 0.25) is 0 Å². The minimum absolute atomic E-state index is 0.218. The molecule has 0 N–H and O–H groups in total. The monoisotopic (exact) mass is 232 g/mol. The van der Waals surface area contributed by atoms with E-state index in [9.17, 15) is 4.21 Å². The quantitative estimate of drug-likeness (QED) is 0.732. The molecule has 2 aromatic carbocycles. The molecule has 0 fully saturated rings. The topological polar surface area (TPSA) is 17.1 Å². The van der Waals surface area contributed by atoms with Gasteiger partial charge in [-0.05, 0) is 37.6 Å². The van der Waals surface area contributed by atoms with Crippen LogP contribution >= 0.6 is 0 Å². The van der Waals surface area contributed by atoms with Gasteiger partial charge in [0.25, 0.3) is 0 Å². The fraction of sp³-hybridized carbons (Fsp3) is 0.286. The van der Waals surface area contributed by atoms with Crippen molar-refractivity contribution in [2.45, 2.75) is 30.4 Å². The molecule has 2 rings (SSSR count). The fourth-order valence-corrected chi connectivity index (χ4v) is 2.93. The molecule has 0 unspecified atom stereocenters. The first-order chi connectivity index (χ1) is 7.50. The minimum Gasteiger partial charge on any atom is -0.254 e. The molecule has 0 aliphatic rings. The SMILES string of the molecule is CC(C)(C)[S@](=O)c1cccc2ccccc12. The van der Waals surface area contributed by atoms with Crippen molar-refractivity contribution < 1.29 is 4.21 Å². The smallest absolute Gasteiger partial charge is 0.0589 e. The lowest BCUT2D eigenvalue weighted by Crippen LogP contribution is -2.21. The lowest BCUT2D eigenvalue weighted by Gasteiger charge is -2.18. The van der Waals surface area contributed by atoms with Gasteiger partial charge in [0.2, 0.25) is 0 Å². The summed E-state index contributed by atoms with van der Waals surface area (Å²) in [6.07, 6.45) is 0. The van der Waals surface area contributed by atoms with Gasteiger partial charge >= 0.3 is 0 Å². The highest BCUT2D eigenvalue weighted by Crippen LogP contribution is 2.27. The van der Waals surface area contributed by atoms with Crippen LogP contribution in [0.25, 0.3) is 10.8 Å². The van der Waals surface area contributed by atoms with Gasteiger partial charge in [0.1, 0.15) is 0 Å². The molecule has 0 amide bonds. The van der Waals surface area contributed by atoms with Gasteiger partial charge in [-0.25, -0.2) is 0 Å². The Kier molecular flexibility index (Phi) is 2.85. The lowest BCUT2D eigenvalue weighted by atomic mass is 10.1. The first-order valence-corrected chi connectivity index (χ1v) is 6.55. The van der Waals surface area contributed by atoms with E-state index in [4.69, 9.17) is 0 Å². The molecule has 0 saturated carbocycles. The van der Waals surface area contributed by atoms with E-state index in [-0.39, 0.29) is 4.75 Å². The predicted octanol–water partition coefficient (Wildman–Crippen LogP) is 3.75. The van der Waals surface area contributed by atoms with Gasteiger partial charge in [0.15, 0.2) is 0 Å². The molecule has 0 aliphatic carbocycles. The van der Waals surface area contributed by atoms with Crippen LogP contribution in [-0.2, 0) is 10.8 Å². The number of hydrogen-bond donors (Lipinski definition) is 0. The van der Waals surface area contributed by atoms with E-state index in [1.807, 2.05) is 51.1 Å². The Bertz CT molecular complexity index is 532. The van der Waals surface area contributed by atoms with Crippen molar-refractivity contribution in [1.82, 2.24) is 0 Å². The number of hydrogen-bond acceptors (Lipinski definition) is 1.